The molecular weight excluding hydrogens is 182 g/mol. The minimum absolute atomic E-state index is 0.106. The molecule has 0 saturated carbocycles. The summed E-state index contributed by atoms with van der Waals surface area (Å²) in [6.07, 6.45) is 0.674. The molecular formula is C9H19N3O2. The lowest BCUT2D eigenvalue weighted by Crippen LogP contribution is -2.51. The van der Waals surface area contributed by atoms with Crippen molar-refractivity contribution >= 4 is 11.8 Å². The molecule has 0 heterocycles. The monoisotopic (exact) mass is 201 g/mol. The maximum absolute atomic E-state index is 11.4. The smallest absolute Gasteiger partial charge is 0.237 e. The van der Waals surface area contributed by atoms with Crippen molar-refractivity contribution in [3.05, 3.63) is 0 Å². The third-order valence-corrected chi connectivity index (χ3v) is 1.85. The first-order valence-corrected chi connectivity index (χ1v) is 4.64. The van der Waals surface area contributed by atoms with E-state index in [1.165, 1.54) is 0 Å². The first-order chi connectivity index (χ1) is 6.28. The van der Waals surface area contributed by atoms with Gasteiger partial charge in [0.1, 0.15) is 0 Å². The van der Waals surface area contributed by atoms with Crippen molar-refractivity contribution in [1.82, 2.24) is 5.32 Å². The van der Waals surface area contributed by atoms with Gasteiger partial charge >= 0.3 is 0 Å². The van der Waals surface area contributed by atoms with Crippen molar-refractivity contribution in [2.75, 3.05) is 0 Å². The molecule has 0 aliphatic heterocycles. The lowest BCUT2D eigenvalue weighted by Gasteiger charge is -2.26. The van der Waals surface area contributed by atoms with Crippen LogP contribution in [0, 0.1) is 0 Å². The highest BCUT2D eigenvalue weighted by Gasteiger charge is 2.24. The second-order valence-electron chi connectivity index (χ2n) is 4.03. The molecule has 0 fully saturated rings. The zero-order valence-electron chi connectivity index (χ0n) is 8.96. The maximum Gasteiger partial charge on any atom is 0.237 e. The normalized spacial score (nSPS) is 13.4. The van der Waals surface area contributed by atoms with Crippen LogP contribution in [0.15, 0.2) is 0 Å². The SMILES string of the molecule is CCC(N)C(=O)NC(C)(C)CC(N)=O. The minimum atomic E-state index is -0.629. The third kappa shape index (κ3) is 4.81. The summed E-state index contributed by atoms with van der Waals surface area (Å²) in [5.74, 6) is -0.695. The molecule has 0 aromatic heterocycles. The molecule has 0 saturated heterocycles. The van der Waals surface area contributed by atoms with E-state index in [-0.39, 0.29) is 12.3 Å². The molecule has 0 aliphatic carbocycles. The van der Waals surface area contributed by atoms with Gasteiger partial charge in [0.2, 0.25) is 11.8 Å². The number of primary amides is 1. The van der Waals surface area contributed by atoms with Crippen LogP contribution in [0.1, 0.15) is 33.6 Å². The van der Waals surface area contributed by atoms with Gasteiger partial charge in [0.25, 0.3) is 0 Å². The summed E-state index contributed by atoms with van der Waals surface area (Å²) in [5.41, 5.74) is 9.94. The fourth-order valence-electron chi connectivity index (χ4n) is 1.09. The van der Waals surface area contributed by atoms with Gasteiger partial charge in [-0.2, -0.15) is 0 Å². The number of carbonyl (C=O) groups excluding carboxylic acids is 2. The standard InChI is InChI=1S/C9H19N3O2/c1-4-6(10)8(14)12-9(2,3)5-7(11)13/h6H,4-5,10H2,1-3H3,(H2,11,13)(H,12,14). The Balaban J connectivity index is 4.21. The Hall–Kier alpha value is -1.10. The summed E-state index contributed by atoms with van der Waals surface area (Å²) in [6, 6.07) is -0.526. The first kappa shape index (κ1) is 12.9. The summed E-state index contributed by atoms with van der Waals surface area (Å²) in [6.45, 7) is 5.29. The van der Waals surface area contributed by atoms with Gasteiger partial charge in [-0.3, -0.25) is 9.59 Å². The van der Waals surface area contributed by atoms with Crippen LogP contribution in [0.5, 0.6) is 0 Å². The second kappa shape index (κ2) is 4.95. The number of carbonyl (C=O) groups is 2. The van der Waals surface area contributed by atoms with Crippen molar-refractivity contribution in [3.8, 4) is 0 Å². The number of hydrogen-bond acceptors (Lipinski definition) is 3. The number of amides is 2. The van der Waals surface area contributed by atoms with Crippen molar-refractivity contribution < 1.29 is 9.59 Å². The van der Waals surface area contributed by atoms with Crippen LogP contribution in [0.2, 0.25) is 0 Å². The molecule has 82 valence electrons. The molecule has 0 aromatic carbocycles. The summed E-state index contributed by atoms with van der Waals surface area (Å²) in [5, 5.41) is 2.67. The summed E-state index contributed by atoms with van der Waals surface area (Å²) in [4.78, 5) is 22.1. The predicted octanol–water partition coefficient (Wildman–Crippen LogP) is -0.506. The van der Waals surface area contributed by atoms with E-state index < -0.39 is 17.5 Å². The number of hydrogen-bond donors (Lipinski definition) is 3. The Morgan fingerprint density at radius 1 is 1.43 bits per heavy atom. The molecule has 0 spiro atoms. The summed E-state index contributed by atoms with van der Waals surface area (Å²) in [7, 11) is 0. The summed E-state index contributed by atoms with van der Waals surface area (Å²) < 4.78 is 0. The molecule has 0 aliphatic rings. The fraction of sp³-hybridized carbons (Fsp3) is 0.778. The Morgan fingerprint density at radius 2 is 1.93 bits per heavy atom. The molecule has 14 heavy (non-hydrogen) atoms. The van der Waals surface area contributed by atoms with Crippen LogP contribution in [0.25, 0.3) is 0 Å². The number of nitrogens with two attached hydrogens (primary N) is 2. The fourth-order valence-corrected chi connectivity index (χ4v) is 1.09. The highest BCUT2D eigenvalue weighted by atomic mass is 16.2. The van der Waals surface area contributed by atoms with Gasteiger partial charge in [-0.25, -0.2) is 0 Å². The van der Waals surface area contributed by atoms with Crippen LogP contribution in [0.4, 0.5) is 0 Å². The van der Waals surface area contributed by atoms with E-state index in [2.05, 4.69) is 5.32 Å². The van der Waals surface area contributed by atoms with E-state index in [0.29, 0.717) is 6.42 Å². The van der Waals surface area contributed by atoms with Gasteiger partial charge in [-0.1, -0.05) is 6.92 Å². The minimum Gasteiger partial charge on any atom is -0.370 e. The highest BCUT2D eigenvalue weighted by Crippen LogP contribution is 2.07. The maximum atomic E-state index is 11.4. The molecule has 0 radical (unpaired) electrons. The van der Waals surface area contributed by atoms with Crippen LogP contribution >= 0.6 is 0 Å². The molecule has 1 atom stereocenters. The van der Waals surface area contributed by atoms with E-state index in [1.54, 1.807) is 13.8 Å². The number of nitrogens with one attached hydrogen (secondary N) is 1. The molecule has 5 nitrogen and oxygen atoms in total. The van der Waals surface area contributed by atoms with Gasteiger partial charge in [0.15, 0.2) is 0 Å². The van der Waals surface area contributed by atoms with E-state index in [4.69, 9.17) is 11.5 Å². The van der Waals surface area contributed by atoms with E-state index >= 15 is 0 Å². The molecule has 5 heteroatoms. The Bertz CT molecular complexity index is 226. The third-order valence-electron chi connectivity index (χ3n) is 1.85. The van der Waals surface area contributed by atoms with Crippen molar-refractivity contribution in [2.45, 2.75) is 45.2 Å². The van der Waals surface area contributed by atoms with Crippen molar-refractivity contribution in [2.24, 2.45) is 11.5 Å². The van der Waals surface area contributed by atoms with Crippen LogP contribution in [0.3, 0.4) is 0 Å². The quantitative estimate of drug-likeness (QED) is 0.559. The van der Waals surface area contributed by atoms with Crippen LogP contribution < -0.4 is 16.8 Å². The average molecular weight is 201 g/mol. The van der Waals surface area contributed by atoms with Gasteiger partial charge in [0.05, 0.1) is 6.04 Å². The number of rotatable bonds is 5. The highest BCUT2D eigenvalue weighted by molar-refractivity contribution is 5.83. The Morgan fingerprint density at radius 3 is 2.29 bits per heavy atom. The van der Waals surface area contributed by atoms with Gasteiger partial charge in [-0.15, -0.1) is 0 Å². The van der Waals surface area contributed by atoms with E-state index in [9.17, 15) is 9.59 Å². The lowest BCUT2D eigenvalue weighted by molar-refractivity contribution is -0.125. The molecule has 1 unspecified atom stereocenters. The topological polar surface area (TPSA) is 98.2 Å². The first-order valence-electron chi connectivity index (χ1n) is 4.64. The summed E-state index contributed by atoms with van der Waals surface area (Å²) >= 11 is 0. The lowest BCUT2D eigenvalue weighted by atomic mass is 9.99. The zero-order valence-corrected chi connectivity index (χ0v) is 8.96. The molecule has 0 bridgehead atoms. The van der Waals surface area contributed by atoms with E-state index in [1.807, 2.05) is 6.92 Å². The van der Waals surface area contributed by atoms with Crippen LogP contribution in [-0.4, -0.2) is 23.4 Å². The van der Waals surface area contributed by atoms with Crippen molar-refractivity contribution in [1.29, 1.82) is 0 Å². The Labute approximate surface area is 84.2 Å². The average Bonchev–Trinajstić information content (AvgIpc) is 1.99. The van der Waals surface area contributed by atoms with Gasteiger partial charge < -0.3 is 16.8 Å². The molecule has 2 amide bonds. The van der Waals surface area contributed by atoms with Crippen LogP contribution in [-0.2, 0) is 9.59 Å². The Kier molecular flexibility index (Phi) is 4.56. The van der Waals surface area contributed by atoms with Gasteiger partial charge in [-0.05, 0) is 20.3 Å². The van der Waals surface area contributed by atoms with Gasteiger partial charge in [0, 0.05) is 12.0 Å². The zero-order chi connectivity index (χ0) is 11.4. The second-order valence-corrected chi connectivity index (χ2v) is 4.03. The predicted molar refractivity (Wildman–Crippen MR) is 54.3 cm³/mol. The van der Waals surface area contributed by atoms with Crippen molar-refractivity contribution in [3.63, 3.8) is 0 Å². The molecule has 5 N–H and O–H groups in total. The molecule has 0 rings (SSSR count). The van der Waals surface area contributed by atoms with E-state index in [0.717, 1.165) is 0 Å². The largest absolute Gasteiger partial charge is 0.370 e. The molecule has 0 aromatic rings.